The van der Waals surface area contributed by atoms with E-state index < -0.39 is 5.82 Å². The summed E-state index contributed by atoms with van der Waals surface area (Å²) in [4.78, 5) is 8.90. The van der Waals surface area contributed by atoms with E-state index in [9.17, 15) is 4.39 Å². The van der Waals surface area contributed by atoms with Crippen LogP contribution in [-0.4, -0.2) is 25.6 Å². The topological polar surface area (TPSA) is 78.9 Å². The Morgan fingerprint density at radius 1 is 1.33 bits per heavy atom. The molecule has 0 aliphatic heterocycles. The molecule has 138 valence electrons. The zero-order valence-electron chi connectivity index (χ0n) is 14.6. The van der Waals surface area contributed by atoms with Crippen LogP contribution in [-0.2, 0) is 0 Å². The normalized spacial score (nSPS) is 19.7. The van der Waals surface area contributed by atoms with Crippen molar-refractivity contribution in [2.24, 2.45) is 5.92 Å². The number of aromatic nitrogens is 4. The van der Waals surface area contributed by atoms with Gasteiger partial charge in [-0.15, -0.1) is 0 Å². The molecule has 1 fully saturated rings. The lowest BCUT2D eigenvalue weighted by Crippen LogP contribution is -2.26. The highest BCUT2D eigenvalue weighted by molar-refractivity contribution is 6.30. The Morgan fingerprint density at radius 2 is 2.15 bits per heavy atom. The Labute approximate surface area is 161 Å². The zero-order chi connectivity index (χ0) is 18.8. The van der Waals surface area contributed by atoms with Crippen molar-refractivity contribution in [3.63, 3.8) is 0 Å². The quantitative estimate of drug-likeness (QED) is 0.718. The maximum atomic E-state index is 13.9. The van der Waals surface area contributed by atoms with Gasteiger partial charge < -0.3 is 5.32 Å². The molecule has 1 N–H and O–H groups in total. The third-order valence-electron chi connectivity index (χ3n) is 5.04. The first kappa shape index (κ1) is 17.7. The lowest BCUT2D eigenvalue weighted by Gasteiger charge is -2.28. The van der Waals surface area contributed by atoms with Gasteiger partial charge in [0.25, 0.3) is 0 Å². The average Bonchev–Trinajstić information content (AvgIpc) is 3.07. The van der Waals surface area contributed by atoms with E-state index in [1.165, 1.54) is 16.8 Å². The van der Waals surface area contributed by atoms with Crippen molar-refractivity contribution in [3.8, 4) is 17.5 Å². The molecule has 27 heavy (non-hydrogen) atoms. The highest BCUT2D eigenvalue weighted by atomic mass is 35.5. The number of pyridine rings is 1. The SMILES string of the molecule is N#CCC1CCC(Nc2ccnc(-c3cnn4cc(Cl)c(F)cc34)n2)CC1. The molecule has 0 spiro atoms. The lowest BCUT2D eigenvalue weighted by atomic mass is 9.84. The molecule has 8 heteroatoms. The van der Waals surface area contributed by atoms with Crippen molar-refractivity contribution in [2.45, 2.75) is 38.1 Å². The van der Waals surface area contributed by atoms with E-state index in [0.29, 0.717) is 35.3 Å². The van der Waals surface area contributed by atoms with Gasteiger partial charge in [0.05, 0.1) is 34.6 Å². The van der Waals surface area contributed by atoms with Crippen LogP contribution in [0.4, 0.5) is 10.2 Å². The van der Waals surface area contributed by atoms with E-state index in [4.69, 9.17) is 16.9 Å². The fourth-order valence-corrected chi connectivity index (χ4v) is 3.71. The largest absolute Gasteiger partial charge is 0.367 e. The van der Waals surface area contributed by atoms with E-state index in [1.807, 2.05) is 6.07 Å². The van der Waals surface area contributed by atoms with Crippen LogP contribution in [0.15, 0.2) is 30.7 Å². The van der Waals surface area contributed by atoms with Gasteiger partial charge in [0.1, 0.15) is 11.6 Å². The van der Waals surface area contributed by atoms with Gasteiger partial charge in [-0.3, -0.25) is 0 Å². The van der Waals surface area contributed by atoms with Gasteiger partial charge >= 0.3 is 0 Å². The van der Waals surface area contributed by atoms with Gasteiger partial charge in [-0.25, -0.2) is 18.9 Å². The maximum Gasteiger partial charge on any atom is 0.165 e. The van der Waals surface area contributed by atoms with Crippen LogP contribution < -0.4 is 5.32 Å². The number of hydrogen-bond donors (Lipinski definition) is 1. The number of nitrogens with one attached hydrogen (secondary N) is 1. The summed E-state index contributed by atoms with van der Waals surface area (Å²) in [5.74, 6) is 1.22. The molecule has 3 aromatic heterocycles. The molecule has 1 saturated carbocycles. The number of halogens is 2. The van der Waals surface area contributed by atoms with Gasteiger partial charge in [-0.1, -0.05) is 11.6 Å². The molecule has 1 aliphatic rings. The van der Waals surface area contributed by atoms with Crippen LogP contribution in [0.1, 0.15) is 32.1 Å². The maximum absolute atomic E-state index is 13.9. The Hall–Kier alpha value is -2.72. The number of fused-ring (bicyclic) bond motifs is 1. The summed E-state index contributed by atoms with van der Waals surface area (Å²) in [6.45, 7) is 0. The minimum absolute atomic E-state index is 0.0143. The second kappa shape index (κ2) is 7.49. The summed E-state index contributed by atoms with van der Waals surface area (Å²) >= 11 is 5.81. The van der Waals surface area contributed by atoms with Crippen molar-refractivity contribution in [1.29, 1.82) is 5.26 Å². The van der Waals surface area contributed by atoms with Crippen molar-refractivity contribution in [2.75, 3.05) is 5.32 Å². The predicted molar refractivity (Wildman–Crippen MR) is 101 cm³/mol. The number of hydrogen-bond acceptors (Lipinski definition) is 5. The molecule has 0 saturated heterocycles. The third kappa shape index (κ3) is 3.71. The first-order chi connectivity index (χ1) is 13.1. The van der Waals surface area contributed by atoms with Crippen molar-refractivity contribution in [3.05, 3.63) is 41.6 Å². The van der Waals surface area contributed by atoms with E-state index >= 15 is 0 Å². The molecule has 6 nitrogen and oxygen atoms in total. The highest BCUT2D eigenvalue weighted by Gasteiger charge is 2.21. The van der Waals surface area contributed by atoms with Crippen molar-refractivity contribution in [1.82, 2.24) is 19.6 Å². The standard InChI is InChI=1S/C19H18ClFN6/c20-15-11-27-17(9-16(15)21)14(10-24-27)19-23-8-6-18(26-19)25-13-3-1-12(2-4-13)5-7-22/h6,8-13H,1-5H2,(H,23,25,26). The lowest BCUT2D eigenvalue weighted by molar-refractivity contribution is 0.342. The second-order valence-corrected chi connectivity index (χ2v) is 7.25. The van der Waals surface area contributed by atoms with Crippen LogP contribution in [0.25, 0.3) is 16.9 Å². The predicted octanol–water partition coefficient (Wildman–Crippen LogP) is 4.47. The van der Waals surface area contributed by atoms with E-state index in [2.05, 4.69) is 26.5 Å². The van der Waals surface area contributed by atoms with Crippen molar-refractivity contribution < 1.29 is 4.39 Å². The summed E-state index contributed by atoms with van der Waals surface area (Å²) in [7, 11) is 0. The minimum Gasteiger partial charge on any atom is -0.367 e. The minimum atomic E-state index is -0.505. The summed E-state index contributed by atoms with van der Waals surface area (Å²) in [6.07, 6.45) is 9.50. The van der Waals surface area contributed by atoms with Crippen molar-refractivity contribution >= 4 is 22.9 Å². The van der Waals surface area contributed by atoms with Gasteiger partial charge in [0.15, 0.2) is 5.82 Å². The molecule has 0 atom stereocenters. The highest BCUT2D eigenvalue weighted by Crippen LogP contribution is 2.29. The molecule has 0 radical (unpaired) electrons. The smallest absolute Gasteiger partial charge is 0.165 e. The van der Waals surface area contributed by atoms with E-state index in [-0.39, 0.29) is 5.02 Å². The Morgan fingerprint density at radius 3 is 2.93 bits per heavy atom. The monoisotopic (exact) mass is 384 g/mol. The van der Waals surface area contributed by atoms with Crippen LogP contribution in [0, 0.1) is 23.1 Å². The zero-order valence-corrected chi connectivity index (χ0v) is 15.3. The fraction of sp³-hybridized carbons (Fsp3) is 0.368. The summed E-state index contributed by atoms with van der Waals surface area (Å²) in [5, 5.41) is 16.5. The van der Waals surface area contributed by atoms with Crippen LogP contribution >= 0.6 is 11.6 Å². The summed E-state index contributed by atoms with van der Waals surface area (Å²) in [5.41, 5.74) is 1.21. The molecule has 1 aliphatic carbocycles. The van der Waals surface area contributed by atoms with Gasteiger partial charge in [0, 0.05) is 24.7 Å². The van der Waals surface area contributed by atoms with Crippen LogP contribution in [0.2, 0.25) is 5.02 Å². The summed E-state index contributed by atoms with van der Waals surface area (Å²) in [6, 6.07) is 5.76. The average molecular weight is 385 g/mol. The second-order valence-electron chi connectivity index (χ2n) is 6.85. The number of rotatable bonds is 4. The molecule has 0 aromatic carbocycles. The van der Waals surface area contributed by atoms with E-state index in [0.717, 1.165) is 31.5 Å². The van der Waals surface area contributed by atoms with Gasteiger partial charge in [-0.05, 0) is 37.7 Å². The Kier molecular flexibility index (Phi) is 4.90. The Bertz CT molecular complexity index is 1000. The van der Waals surface area contributed by atoms with Crippen LogP contribution in [0.3, 0.4) is 0 Å². The third-order valence-corrected chi connectivity index (χ3v) is 5.31. The summed E-state index contributed by atoms with van der Waals surface area (Å²) < 4.78 is 15.4. The first-order valence-corrected chi connectivity index (χ1v) is 9.31. The first-order valence-electron chi connectivity index (χ1n) is 8.93. The number of nitriles is 1. The molecule has 4 rings (SSSR count). The molecular weight excluding hydrogens is 367 g/mol. The molecule has 0 unspecified atom stereocenters. The molecule has 3 heterocycles. The fourth-order valence-electron chi connectivity index (χ4n) is 3.57. The van der Waals surface area contributed by atoms with Crippen LogP contribution in [0.5, 0.6) is 0 Å². The van der Waals surface area contributed by atoms with Gasteiger partial charge in [0.2, 0.25) is 0 Å². The van der Waals surface area contributed by atoms with E-state index in [1.54, 1.807) is 12.4 Å². The Balaban J connectivity index is 1.54. The molecular formula is C19H18ClFN6. The molecule has 0 bridgehead atoms. The molecule has 3 aromatic rings. The number of nitrogens with zero attached hydrogens (tertiary/aromatic N) is 5. The number of anilines is 1. The van der Waals surface area contributed by atoms with Gasteiger partial charge in [-0.2, -0.15) is 10.4 Å². The molecule has 0 amide bonds.